The molecule has 0 fully saturated rings. The molecule has 3 N–H and O–H groups in total. The second-order valence-electron chi connectivity index (χ2n) is 4.85. The van der Waals surface area contributed by atoms with Crippen LogP contribution in [0.1, 0.15) is 17.3 Å². The summed E-state index contributed by atoms with van der Waals surface area (Å²) in [6.45, 7) is 1.62. The minimum atomic E-state index is -0.747. The first-order chi connectivity index (χ1) is 11.0. The number of amides is 2. The Morgan fingerprint density at radius 2 is 1.78 bits per heavy atom. The number of rotatable bonds is 6. The first-order valence-electron chi connectivity index (χ1n) is 7.01. The van der Waals surface area contributed by atoms with Gasteiger partial charge in [0.2, 0.25) is 5.91 Å². The van der Waals surface area contributed by atoms with Gasteiger partial charge in [-0.1, -0.05) is 18.2 Å². The highest BCUT2D eigenvalue weighted by atomic mass is 16.5. The molecule has 120 valence electrons. The lowest BCUT2D eigenvalue weighted by molar-refractivity contribution is -0.122. The van der Waals surface area contributed by atoms with Gasteiger partial charge in [0.05, 0.1) is 7.11 Å². The molecule has 0 aliphatic heterocycles. The van der Waals surface area contributed by atoms with Crippen molar-refractivity contribution >= 4 is 17.5 Å². The lowest BCUT2D eigenvalue weighted by Gasteiger charge is -2.16. The Bertz CT molecular complexity index is 715. The number of para-hydroxylation sites is 2. The van der Waals surface area contributed by atoms with E-state index >= 15 is 0 Å². The molecule has 2 rings (SSSR count). The number of carbonyl (C=O) groups excluding carboxylic acids is 2. The third-order valence-corrected chi connectivity index (χ3v) is 3.16. The van der Waals surface area contributed by atoms with Gasteiger partial charge < -0.3 is 20.5 Å². The van der Waals surface area contributed by atoms with Crippen LogP contribution in [-0.4, -0.2) is 25.0 Å². The number of benzene rings is 2. The molecule has 6 heteroatoms. The van der Waals surface area contributed by atoms with Crippen molar-refractivity contribution in [1.29, 1.82) is 0 Å². The molecular weight excluding hydrogens is 296 g/mol. The molecule has 0 heterocycles. The van der Waals surface area contributed by atoms with Gasteiger partial charge in [0, 0.05) is 11.3 Å². The zero-order chi connectivity index (χ0) is 16.8. The predicted octanol–water partition coefficient (Wildman–Crippen LogP) is 2.20. The van der Waals surface area contributed by atoms with Crippen LogP contribution in [0, 0.1) is 0 Å². The maximum Gasteiger partial charge on any atom is 0.265 e. The standard InChI is InChI=1S/C17H18N2O4/c1-11(23-15-9-4-3-8-14(15)22-2)17(21)19-13-7-5-6-12(10-13)16(18)20/h3-11H,1-2H3,(H2,18,20)(H,19,21)/t11-/m1/s1. The average molecular weight is 314 g/mol. The topological polar surface area (TPSA) is 90.7 Å². The highest BCUT2D eigenvalue weighted by Gasteiger charge is 2.17. The quantitative estimate of drug-likeness (QED) is 0.855. The molecule has 0 saturated carbocycles. The molecule has 0 unspecified atom stereocenters. The van der Waals surface area contributed by atoms with E-state index in [4.69, 9.17) is 15.2 Å². The fourth-order valence-electron chi connectivity index (χ4n) is 1.95. The van der Waals surface area contributed by atoms with Gasteiger partial charge >= 0.3 is 0 Å². The number of carbonyl (C=O) groups is 2. The fourth-order valence-corrected chi connectivity index (χ4v) is 1.95. The van der Waals surface area contributed by atoms with E-state index in [1.54, 1.807) is 43.3 Å². The first-order valence-corrected chi connectivity index (χ1v) is 7.01. The summed E-state index contributed by atoms with van der Waals surface area (Å²) in [5.74, 6) is 0.114. The van der Waals surface area contributed by atoms with Gasteiger partial charge in [-0.3, -0.25) is 9.59 Å². The van der Waals surface area contributed by atoms with Crippen molar-refractivity contribution in [3.05, 3.63) is 54.1 Å². The second kappa shape index (κ2) is 7.31. The normalized spacial score (nSPS) is 11.4. The summed E-state index contributed by atoms with van der Waals surface area (Å²) in [6, 6.07) is 13.5. The smallest absolute Gasteiger partial charge is 0.265 e. The van der Waals surface area contributed by atoms with E-state index in [0.717, 1.165) is 0 Å². The SMILES string of the molecule is COc1ccccc1O[C@H](C)C(=O)Nc1cccc(C(N)=O)c1. The lowest BCUT2D eigenvalue weighted by Crippen LogP contribution is -2.30. The van der Waals surface area contributed by atoms with Crippen LogP contribution in [0.4, 0.5) is 5.69 Å². The number of hydrogen-bond donors (Lipinski definition) is 2. The number of hydrogen-bond acceptors (Lipinski definition) is 4. The Labute approximate surface area is 134 Å². The number of nitrogens with two attached hydrogens (primary N) is 1. The van der Waals surface area contributed by atoms with Crippen LogP contribution in [0.25, 0.3) is 0 Å². The number of nitrogens with one attached hydrogen (secondary N) is 1. The van der Waals surface area contributed by atoms with E-state index in [1.165, 1.54) is 13.2 Å². The van der Waals surface area contributed by atoms with E-state index in [9.17, 15) is 9.59 Å². The summed E-state index contributed by atoms with van der Waals surface area (Å²) >= 11 is 0. The number of primary amides is 1. The Morgan fingerprint density at radius 3 is 2.43 bits per heavy atom. The molecule has 0 aliphatic carbocycles. The number of ether oxygens (including phenoxy) is 2. The first kappa shape index (κ1) is 16.4. The Morgan fingerprint density at radius 1 is 1.09 bits per heavy atom. The maximum atomic E-state index is 12.2. The van der Waals surface area contributed by atoms with E-state index < -0.39 is 12.0 Å². The van der Waals surface area contributed by atoms with Crippen molar-refractivity contribution in [3.63, 3.8) is 0 Å². The molecule has 23 heavy (non-hydrogen) atoms. The molecule has 0 saturated heterocycles. The summed E-state index contributed by atoms with van der Waals surface area (Å²) in [7, 11) is 1.53. The minimum Gasteiger partial charge on any atom is -0.493 e. The molecule has 0 spiro atoms. The fraction of sp³-hybridized carbons (Fsp3) is 0.176. The molecule has 6 nitrogen and oxygen atoms in total. The monoisotopic (exact) mass is 314 g/mol. The third-order valence-electron chi connectivity index (χ3n) is 3.16. The van der Waals surface area contributed by atoms with E-state index in [-0.39, 0.29) is 5.91 Å². The van der Waals surface area contributed by atoms with Crippen molar-refractivity contribution in [2.24, 2.45) is 5.73 Å². The van der Waals surface area contributed by atoms with Gasteiger partial charge in [0.25, 0.3) is 5.91 Å². The van der Waals surface area contributed by atoms with Gasteiger partial charge in [0.15, 0.2) is 17.6 Å². The van der Waals surface area contributed by atoms with Crippen molar-refractivity contribution in [2.45, 2.75) is 13.0 Å². The molecule has 1 atom stereocenters. The summed E-state index contributed by atoms with van der Waals surface area (Å²) in [5.41, 5.74) is 6.01. The molecule has 0 aromatic heterocycles. The Hall–Kier alpha value is -3.02. The van der Waals surface area contributed by atoms with Gasteiger partial charge in [-0.15, -0.1) is 0 Å². The van der Waals surface area contributed by atoms with Crippen molar-refractivity contribution < 1.29 is 19.1 Å². The van der Waals surface area contributed by atoms with Crippen LogP contribution in [0.2, 0.25) is 0 Å². The predicted molar refractivity (Wildman–Crippen MR) is 86.7 cm³/mol. The van der Waals surface area contributed by atoms with Crippen LogP contribution < -0.4 is 20.5 Å². The maximum absolute atomic E-state index is 12.2. The van der Waals surface area contributed by atoms with Crippen LogP contribution in [0.5, 0.6) is 11.5 Å². The summed E-state index contributed by atoms with van der Waals surface area (Å²) in [4.78, 5) is 23.4. The third kappa shape index (κ3) is 4.23. The summed E-state index contributed by atoms with van der Waals surface area (Å²) in [6.07, 6.45) is -0.747. The van der Waals surface area contributed by atoms with E-state index in [0.29, 0.717) is 22.7 Å². The van der Waals surface area contributed by atoms with Gasteiger partial charge in [-0.05, 0) is 37.3 Å². The summed E-state index contributed by atoms with van der Waals surface area (Å²) in [5, 5.41) is 2.68. The minimum absolute atomic E-state index is 0.320. The molecule has 2 amide bonds. The van der Waals surface area contributed by atoms with Crippen LogP contribution in [-0.2, 0) is 4.79 Å². The Balaban J connectivity index is 2.05. The van der Waals surface area contributed by atoms with Gasteiger partial charge in [-0.2, -0.15) is 0 Å². The van der Waals surface area contributed by atoms with Crippen molar-refractivity contribution in [3.8, 4) is 11.5 Å². The van der Waals surface area contributed by atoms with Gasteiger partial charge in [0.1, 0.15) is 0 Å². The molecule has 0 radical (unpaired) electrons. The molecule has 2 aromatic carbocycles. The average Bonchev–Trinajstić information content (AvgIpc) is 2.55. The second-order valence-corrected chi connectivity index (χ2v) is 4.85. The molecule has 2 aromatic rings. The lowest BCUT2D eigenvalue weighted by atomic mass is 10.2. The van der Waals surface area contributed by atoms with Crippen molar-refractivity contribution in [1.82, 2.24) is 0 Å². The van der Waals surface area contributed by atoms with E-state index in [1.807, 2.05) is 6.07 Å². The Kier molecular flexibility index (Phi) is 5.19. The largest absolute Gasteiger partial charge is 0.493 e. The number of methoxy groups -OCH3 is 1. The van der Waals surface area contributed by atoms with Crippen molar-refractivity contribution in [2.75, 3.05) is 12.4 Å². The van der Waals surface area contributed by atoms with Crippen LogP contribution in [0.15, 0.2) is 48.5 Å². The number of anilines is 1. The highest BCUT2D eigenvalue weighted by Crippen LogP contribution is 2.27. The van der Waals surface area contributed by atoms with E-state index in [2.05, 4.69) is 5.32 Å². The molecular formula is C17H18N2O4. The summed E-state index contributed by atoms with van der Waals surface area (Å²) < 4.78 is 10.8. The molecule has 0 bridgehead atoms. The molecule has 0 aliphatic rings. The zero-order valence-electron chi connectivity index (χ0n) is 12.9. The van der Waals surface area contributed by atoms with Crippen LogP contribution in [0.3, 0.4) is 0 Å². The highest BCUT2D eigenvalue weighted by molar-refractivity contribution is 5.97. The zero-order valence-corrected chi connectivity index (χ0v) is 12.9. The van der Waals surface area contributed by atoms with Gasteiger partial charge in [-0.25, -0.2) is 0 Å². The van der Waals surface area contributed by atoms with Crippen LogP contribution >= 0.6 is 0 Å².